The van der Waals surface area contributed by atoms with Gasteiger partial charge in [0.2, 0.25) is 0 Å². The molecule has 0 aliphatic rings. The highest BCUT2D eigenvalue weighted by Gasteiger charge is 2.36. The van der Waals surface area contributed by atoms with Crippen molar-refractivity contribution in [3.8, 4) is 0 Å². The van der Waals surface area contributed by atoms with E-state index >= 15 is 0 Å². The van der Waals surface area contributed by atoms with E-state index in [4.69, 9.17) is 8.61 Å². The Morgan fingerprint density at radius 3 is 2.19 bits per heavy atom. The normalized spacial score (nSPS) is 16.5. The van der Waals surface area contributed by atoms with E-state index < -0.39 is 18.4 Å². The Labute approximate surface area is 132 Å². The maximum atomic E-state index is 11.1. The van der Waals surface area contributed by atoms with Gasteiger partial charge in [-0.15, -0.1) is 6.58 Å². The van der Waals surface area contributed by atoms with E-state index in [1.807, 2.05) is 6.08 Å². The van der Waals surface area contributed by atoms with E-state index in [0.29, 0.717) is 13.0 Å². The summed E-state index contributed by atoms with van der Waals surface area (Å²) in [4.78, 5) is 0. The van der Waals surface area contributed by atoms with Crippen molar-refractivity contribution in [2.45, 2.75) is 64.8 Å². The van der Waals surface area contributed by atoms with Crippen LogP contribution in [0.3, 0.4) is 0 Å². The molecule has 0 spiro atoms. The zero-order chi connectivity index (χ0) is 16.9. The van der Waals surface area contributed by atoms with Crippen LogP contribution in [0.5, 0.6) is 0 Å². The molecule has 126 valence electrons. The molecule has 0 heterocycles. The molecule has 0 amide bonds. The van der Waals surface area contributed by atoms with Crippen LogP contribution in [-0.4, -0.2) is 35.7 Å². The molecular weight excluding hydrogens is 304 g/mol. The molecule has 0 N–H and O–H groups in total. The van der Waals surface area contributed by atoms with Gasteiger partial charge in [-0.05, 0) is 43.8 Å². The number of hydrogen-bond acceptors (Lipinski definition) is 4. The van der Waals surface area contributed by atoms with E-state index in [2.05, 4.69) is 40.4 Å². The minimum atomic E-state index is -3.40. The quantitative estimate of drug-likeness (QED) is 0.363. The first-order valence-electron chi connectivity index (χ1n) is 7.43. The number of allylic oxidation sites excluding steroid dienone is 1. The molecule has 0 aliphatic carbocycles. The number of hydrogen-bond donors (Lipinski definition) is 0. The Morgan fingerprint density at radius 2 is 1.81 bits per heavy atom. The van der Waals surface area contributed by atoms with E-state index in [1.165, 1.54) is 0 Å². The van der Waals surface area contributed by atoms with Crippen molar-refractivity contribution in [2.75, 3.05) is 12.9 Å². The molecule has 0 bridgehead atoms. The van der Waals surface area contributed by atoms with Gasteiger partial charge in [0.1, 0.15) is 0 Å². The first-order valence-corrected chi connectivity index (χ1v) is 12.2. The minimum absolute atomic E-state index is 0.198. The maximum Gasteiger partial charge on any atom is 0.264 e. The monoisotopic (exact) mass is 336 g/mol. The first-order chi connectivity index (χ1) is 9.28. The fraction of sp³-hybridized carbons (Fsp3) is 0.867. The fourth-order valence-corrected chi connectivity index (χ4v) is 3.51. The summed E-state index contributed by atoms with van der Waals surface area (Å²) in [5.74, 6) is 0.200. The van der Waals surface area contributed by atoms with Crippen molar-refractivity contribution in [1.29, 1.82) is 0 Å². The van der Waals surface area contributed by atoms with Crippen LogP contribution >= 0.6 is 0 Å². The first kappa shape index (κ1) is 20.8. The summed E-state index contributed by atoms with van der Waals surface area (Å²) in [6.07, 6.45) is 4.07. The molecule has 0 aliphatic heterocycles. The molecule has 0 fully saturated rings. The smallest absolute Gasteiger partial charge is 0.264 e. The Balaban J connectivity index is 4.32. The summed E-state index contributed by atoms with van der Waals surface area (Å²) >= 11 is 0. The lowest BCUT2D eigenvalue weighted by molar-refractivity contribution is 0.190. The van der Waals surface area contributed by atoms with Crippen molar-refractivity contribution in [1.82, 2.24) is 0 Å². The topological polar surface area (TPSA) is 52.6 Å². The fourth-order valence-electron chi connectivity index (χ4n) is 1.78. The predicted molar refractivity (Wildman–Crippen MR) is 91.5 cm³/mol. The van der Waals surface area contributed by atoms with Gasteiger partial charge in [0.15, 0.2) is 8.32 Å². The van der Waals surface area contributed by atoms with Crippen molar-refractivity contribution in [3.05, 3.63) is 12.7 Å². The lowest BCUT2D eigenvalue weighted by Gasteiger charge is -2.36. The van der Waals surface area contributed by atoms with Crippen LogP contribution in [0, 0.1) is 5.92 Å². The van der Waals surface area contributed by atoms with Crippen LogP contribution in [0.15, 0.2) is 12.7 Å². The van der Waals surface area contributed by atoms with Crippen LogP contribution in [0.4, 0.5) is 0 Å². The number of rotatable bonds is 9. The molecule has 0 aromatic rings. The molecule has 21 heavy (non-hydrogen) atoms. The highest BCUT2D eigenvalue weighted by Crippen LogP contribution is 2.36. The summed E-state index contributed by atoms with van der Waals surface area (Å²) in [5.41, 5.74) is 0. The summed E-state index contributed by atoms with van der Waals surface area (Å²) < 4.78 is 33.3. The average Bonchev–Trinajstić information content (AvgIpc) is 2.23. The van der Waals surface area contributed by atoms with Gasteiger partial charge in [-0.2, -0.15) is 8.42 Å². The predicted octanol–water partition coefficient (Wildman–Crippen LogP) is 3.96. The summed E-state index contributed by atoms with van der Waals surface area (Å²) in [5, 5.41) is 0.198. The highest BCUT2D eigenvalue weighted by atomic mass is 32.2. The third-order valence-electron chi connectivity index (χ3n) is 4.06. The van der Waals surface area contributed by atoms with Gasteiger partial charge >= 0.3 is 0 Å². The van der Waals surface area contributed by atoms with E-state index in [1.54, 1.807) is 6.92 Å². The summed E-state index contributed by atoms with van der Waals surface area (Å²) in [6.45, 7) is 17.4. The molecule has 0 unspecified atom stereocenters. The van der Waals surface area contributed by atoms with Gasteiger partial charge in [-0.1, -0.05) is 26.8 Å². The Kier molecular flexibility index (Phi) is 7.83. The summed E-state index contributed by atoms with van der Waals surface area (Å²) in [7, 11) is -5.12. The van der Waals surface area contributed by atoms with Crippen molar-refractivity contribution >= 4 is 18.4 Å². The molecule has 4 nitrogen and oxygen atoms in total. The Bertz CT molecular complexity index is 423. The van der Waals surface area contributed by atoms with E-state index in [-0.39, 0.29) is 17.1 Å². The van der Waals surface area contributed by atoms with Crippen molar-refractivity contribution < 1.29 is 17.0 Å². The van der Waals surface area contributed by atoms with Crippen LogP contribution in [-0.2, 0) is 18.7 Å². The zero-order valence-electron chi connectivity index (χ0n) is 14.6. The van der Waals surface area contributed by atoms with Crippen LogP contribution in [0.2, 0.25) is 18.1 Å². The van der Waals surface area contributed by atoms with Crippen LogP contribution in [0.1, 0.15) is 40.5 Å². The lowest BCUT2D eigenvalue weighted by Crippen LogP contribution is -2.41. The van der Waals surface area contributed by atoms with E-state index in [0.717, 1.165) is 12.7 Å². The van der Waals surface area contributed by atoms with Crippen LogP contribution < -0.4 is 0 Å². The standard InChI is InChI=1S/C15H32O4SSi/c1-9-14(12-13(2)19-20(6,16)17)10-11-18-21(7,8)15(3,4)5/h9,13-14H,1,10-12H2,2-8H3/t13-,14+/m0/s1. The molecule has 0 saturated carbocycles. The molecule has 0 saturated heterocycles. The second-order valence-electron chi connectivity index (χ2n) is 7.24. The maximum absolute atomic E-state index is 11.1. The van der Waals surface area contributed by atoms with Gasteiger partial charge in [-0.3, -0.25) is 4.18 Å². The molecule has 0 aromatic heterocycles. The third kappa shape index (κ3) is 8.76. The highest BCUT2D eigenvalue weighted by molar-refractivity contribution is 7.86. The SMILES string of the molecule is C=C[C@H](CCO[Si](C)(C)C(C)(C)C)C[C@H](C)OS(C)(=O)=O. The average molecular weight is 337 g/mol. The lowest BCUT2D eigenvalue weighted by atomic mass is 9.99. The molecule has 6 heteroatoms. The van der Waals surface area contributed by atoms with Crippen molar-refractivity contribution in [3.63, 3.8) is 0 Å². The second-order valence-corrected chi connectivity index (χ2v) is 13.6. The van der Waals surface area contributed by atoms with Gasteiger partial charge in [0.05, 0.1) is 12.4 Å². The molecule has 0 aromatic carbocycles. The Morgan fingerprint density at radius 1 is 1.29 bits per heavy atom. The van der Waals surface area contributed by atoms with Gasteiger partial charge in [0.25, 0.3) is 10.1 Å². The summed E-state index contributed by atoms with van der Waals surface area (Å²) in [6, 6.07) is 0. The van der Waals surface area contributed by atoms with Gasteiger partial charge in [-0.25, -0.2) is 0 Å². The zero-order valence-corrected chi connectivity index (χ0v) is 16.4. The molecule has 0 radical (unpaired) electrons. The van der Waals surface area contributed by atoms with Crippen molar-refractivity contribution in [2.24, 2.45) is 5.92 Å². The largest absolute Gasteiger partial charge is 0.417 e. The third-order valence-corrected chi connectivity index (χ3v) is 9.28. The molecule has 2 atom stereocenters. The van der Waals surface area contributed by atoms with Gasteiger partial charge < -0.3 is 4.43 Å². The molecule has 0 rings (SSSR count). The van der Waals surface area contributed by atoms with Crippen LogP contribution in [0.25, 0.3) is 0 Å². The van der Waals surface area contributed by atoms with E-state index in [9.17, 15) is 8.42 Å². The minimum Gasteiger partial charge on any atom is -0.417 e. The Hall–Kier alpha value is -0.173. The van der Waals surface area contributed by atoms with Gasteiger partial charge in [0, 0.05) is 6.61 Å². The molecular formula is C15H32O4SSi. The second kappa shape index (κ2) is 7.90.